The van der Waals surface area contributed by atoms with Gasteiger partial charge in [0.25, 0.3) is 23.5 Å². The number of rotatable bonds is 13. The molecule has 2 fully saturated rings. The summed E-state index contributed by atoms with van der Waals surface area (Å²) in [6.45, 7) is 0.669. The minimum absolute atomic E-state index is 0.0114. The van der Waals surface area contributed by atoms with Gasteiger partial charge in [0.1, 0.15) is 0 Å². The van der Waals surface area contributed by atoms with Crippen LogP contribution in [-0.2, 0) is 67.9 Å². The van der Waals surface area contributed by atoms with Crippen LogP contribution in [0.2, 0.25) is 0 Å². The number of hydrogen-bond donors (Lipinski definition) is 2. The van der Waals surface area contributed by atoms with Gasteiger partial charge in [0.2, 0.25) is 5.60 Å². The van der Waals surface area contributed by atoms with E-state index in [-0.39, 0.29) is 6.42 Å². The largest absolute Gasteiger partial charge is 0.790 e. The molecule has 0 saturated carbocycles. The van der Waals surface area contributed by atoms with Crippen molar-refractivity contribution < 1.29 is 130 Å². The fourth-order valence-electron chi connectivity index (χ4n) is 3.43. The Morgan fingerprint density at radius 3 is 1.55 bits per heavy atom. The van der Waals surface area contributed by atoms with E-state index in [1.165, 1.54) is 6.92 Å². The van der Waals surface area contributed by atoms with E-state index < -0.39 is 108 Å². The third kappa shape index (κ3) is 15.4. The second-order valence-corrected chi connectivity index (χ2v) is 17.4. The summed E-state index contributed by atoms with van der Waals surface area (Å²) in [7, 11) is -36.9. The van der Waals surface area contributed by atoms with Gasteiger partial charge in [-0.2, -0.15) is 13.2 Å². The van der Waals surface area contributed by atoms with Crippen molar-refractivity contribution in [3.8, 4) is 0 Å². The Hall–Kier alpha value is -0.0400. The molecule has 47 heavy (non-hydrogen) atoms. The third-order valence-corrected chi connectivity index (χ3v) is 12.2. The highest BCUT2D eigenvalue weighted by Gasteiger charge is 2.65. The van der Waals surface area contributed by atoms with E-state index in [0.29, 0.717) is 0 Å². The van der Waals surface area contributed by atoms with Crippen LogP contribution in [0.25, 0.3) is 0 Å². The lowest BCUT2D eigenvalue weighted by molar-refractivity contribution is -0.342. The molecule has 0 aromatic rings. The van der Waals surface area contributed by atoms with E-state index in [4.69, 9.17) is 4.74 Å². The van der Waals surface area contributed by atoms with Gasteiger partial charge in [-0.1, -0.05) is 0 Å². The number of carbonyl (C=O) groups excluding carboxylic acids is 1. The fraction of sp³-hybridized carbons (Fsp3) is 0.923. The molecule has 2 saturated heterocycles. The van der Waals surface area contributed by atoms with Crippen molar-refractivity contribution in [2.45, 2.75) is 69.0 Å². The van der Waals surface area contributed by atoms with Crippen LogP contribution < -0.4 is 39.1 Å². The van der Waals surface area contributed by atoms with Gasteiger partial charge >= 0.3 is 20.0 Å². The van der Waals surface area contributed by atoms with Gasteiger partial charge in [0, 0.05) is 12.8 Å². The first-order chi connectivity index (χ1) is 20.6. The Kier molecular flexibility index (Phi) is 15.0. The second kappa shape index (κ2) is 15.7. The number of phosphoric acid groups is 6. The van der Waals surface area contributed by atoms with Crippen molar-refractivity contribution >= 4 is 52.9 Å². The number of halogens is 3. The molecular weight excluding hydrogens is 799 g/mol. The first-order valence-corrected chi connectivity index (χ1v) is 20.1. The Morgan fingerprint density at radius 1 is 0.766 bits per heavy atom. The summed E-state index contributed by atoms with van der Waals surface area (Å²) >= 11 is 0. The maximum Gasteiger partial charge on any atom is 0.422 e. The molecule has 0 spiro atoms. The van der Waals surface area contributed by atoms with Crippen molar-refractivity contribution in [2.75, 3.05) is 6.61 Å². The molecule has 2 N–H and O–H groups in total. The average Bonchev–Trinajstić information content (AvgIpc) is 3.24. The van der Waals surface area contributed by atoms with Crippen LogP contribution in [0.4, 0.5) is 13.2 Å². The van der Waals surface area contributed by atoms with E-state index in [2.05, 4.69) is 31.0 Å². The first kappa shape index (κ1) is 45.0. The zero-order chi connectivity index (χ0) is 37.2. The minimum Gasteiger partial charge on any atom is -0.790 e. The molecule has 2 heterocycles. The van der Waals surface area contributed by atoms with Crippen molar-refractivity contribution in [3.05, 3.63) is 0 Å². The van der Waals surface area contributed by atoms with Crippen LogP contribution in [0.5, 0.6) is 0 Å². The van der Waals surface area contributed by atoms with E-state index >= 15 is 0 Å². The lowest BCUT2D eigenvalue weighted by Crippen LogP contribution is -2.56. The quantitative estimate of drug-likeness (QED) is 0.165. The van der Waals surface area contributed by atoms with E-state index in [1.807, 2.05) is 0 Å². The predicted molar refractivity (Wildman–Crippen MR) is 117 cm³/mol. The van der Waals surface area contributed by atoms with Gasteiger partial charge in [-0.3, -0.25) is 26.9 Å². The molecule has 6 unspecified atom stereocenters. The molecule has 2 aliphatic heterocycles. The minimum atomic E-state index is -6.31. The molecule has 0 radical (unpaired) electrons. The third-order valence-electron chi connectivity index (χ3n) is 4.96. The number of hydrogen-bond acceptors (Lipinski definition) is 25. The molecule has 280 valence electrons. The Bertz CT molecular complexity index is 1410. The molecule has 2 rings (SSSR count). The second-order valence-electron chi connectivity index (χ2n) is 8.93. The number of carbonyl (C=O) groups is 1. The Morgan fingerprint density at radius 2 is 1.21 bits per heavy atom. The summed E-state index contributed by atoms with van der Waals surface area (Å²) < 4.78 is 133. The van der Waals surface area contributed by atoms with Crippen LogP contribution in [0.3, 0.4) is 0 Å². The number of aliphatic hydroxyl groups is 2. The number of aliphatic hydroxyl groups excluding tert-OH is 2. The topological polar surface area (TPSA) is 418 Å². The highest BCUT2D eigenvalue weighted by atomic mass is 31.3. The Balaban J connectivity index is 0.000000474. The van der Waals surface area contributed by atoms with Crippen molar-refractivity contribution in [3.63, 3.8) is 0 Å². The van der Waals surface area contributed by atoms with Gasteiger partial charge in [-0.15, -0.1) is 0 Å². The molecule has 10 atom stereocenters. The molecule has 2 aliphatic rings. The van der Waals surface area contributed by atoms with Crippen LogP contribution in [0.1, 0.15) is 26.7 Å². The zero-order valence-electron chi connectivity index (χ0n) is 22.6. The normalized spacial score (nSPS) is 32.2. The molecule has 25 nitrogen and oxygen atoms in total. The summed E-state index contributed by atoms with van der Waals surface area (Å²) in [5, 5.41) is 18.9. The van der Waals surface area contributed by atoms with Gasteiger partial charge in [-0.25, -0.2) is 13.4 Å². The maximum atomic E-state index is 13.1. The average molecular weight is 818 g/mol. The first-order valence-electron chi connectivity index (χ1n) is 11.4. The predicted octanol–water partition coefficient (Wildman–Crippen LogP) is -4.86. The Labute approximate surface area is 259 Å². The summed E-state index contributed by atoms with van der Waals surface area (Å²) in [5.74, 6) is -1.69. The molecule has 34 heteroatoms. The molecule has 0 bridgehead atoms. The molecule has 0 aromatic carbocycles. The molecule has 0 amide bonds. The highest BCUT2D eigenvalue weighted by molar-refractivity contribution is 7.65. The zero-order valence-corrected chi connectivity index (χ0v) is 28.0. The molecular formula is C13H19F3O25P6-8. The summed E-state index contributed by atoms with van der Waals surface area (Å²) in [5.41, 5.74) is -3.50. The van der Waals surface area contributed by atoms with Gasteiger partial charge in [-0.05, 0) is 13.8 Å². The lowest BCUT2D eigenvalue weighted by atomic mass is 9.97. The van der Waals surface area contributed by atoms with Crippen LogP contribution >= 0.6 is 46.9 Å². The molecule has 0 aromatic heterocycles. The SMILES string of the molecule is C[C@H]1CC(O)[C@@H](C(=O)OP(=O)([O-])OP(=O)([O-])OP(=O)([O-])[O-])O1.C[C@H]1CC(O)[C@](COP(=O)([O-])OP(=O)([O-])OP(=O)([O-])[O-])(C(F)(F)F)O1. The van der Waals surface area contributed by atoms with Gasteiger partial charge in [0.15, 0.2) is 6.10 Å². The maximum absolute atomic E-state index is 13.1. The van der Waals surface area contributed by atoms with E-state index in [0.717, 1.165) is 6.92 Å². The number of alkyl halides is 3. The van der Waals surface area contributed by atoms with Crippen LogP contribution in [-0.4, -0.2) is 65.1 Å². The number of phosphoric ester groups is 2. The fourth-order valence-corrected chi connectivity index (χ4v) is 9.12. The van der Waals surface area contributed by atoms with Crippen LogP contribution in [0, 0.1) is 0 Å². The smallest absolute Gasteiger partial charge is 0.422 e. The highest BCUT2D eigenvalue weighted by Crippen LogP contribution is 2.62. The van der Waals surface area contributed by atoms with E-state index in [9.17, 15) is 94.7 Å². The lowest BCUT2D eigenvalue weighted by Gasteiger charge is -2.39. The molecule has 0 aliphatic carbocycles. The van der Waals surface area contributed by atoms with Crippen molar-refractivity contribution in [1.29, 1.82) is 0 Å². The summed E-state index contributed by atoms with van der Waals surface area (Å²) in [6, 6.07) is 0. The van der Waals surface area contributed by atoms with Crippen molar-refractivity contribution in [2.24, 2.45) is 0 Å². The van der Waals surface area contributed by atoms with Crippen molar-refractivity contribution in [1.82, 2.24) is 0 Å². The van der Waals surface area contributed by atoms with Gasteiger partial charge in [0.05, 0.1) is 46.7 Å². The standard InChI is InChI=1S/C7H14F3O12P3.C6H13O13P3/c1-4-2-5(11)6(20-4,7(8,9)10)3-19-24(15,16)22-25(17,18)21-23(12,13)14;1-3-2-4(7)5(16-3)6(8)17-21(12,13)19-22(14,15)18-20(9,10)11/h4-5,11H,2-3H2,1H3,(H,15,16)(H,17,18)(H2,12,13,14);3-5,7H,2H2,1H3,(H,12,13)(H,14,15)(H2,9,10,11)/p-8/t4-,5?,6+;3-,4?,5-/m00/s1. The van der Waals surface area contributed by atoms with Crippen LogP contribution in [0.15, 0.2) is 0 Å². The summed E-state index contributed by atoms with van der Waals surface area (Å²) in [6.07, 6.45) is -13.0. The van der Waals surface area contributed by atoms with Gasteiger partial charge < -0.3 is 77.0 Å². The number of ether oxygens (including phenoxy) is 2. The summed E-state index contributed by atoms with van der Waals surface area (Å²) in [4.78, 5) is 96.0. The van der Waals surface area contributed by atoms with E-state index in [1.54, 1.807) is 0 Å². The monoisotopic (exact) mass is 818 g/mol.